The zero-order chi connectivity index (χ0) is 12.7. The monoisotopic (exact) mass is 283 g/mol. The fourth-order valence-electron chi connectivity index (χ4n) is 1.61. The molecule has 0 radical (unpaired) electrons. The van der Waals surface area contributed by atoms with Crippen LogP contribution in [0.3, 0.4) is 0 Å². The molecule has 0 aromatic heterocycles. The van der Waals surface area contributed by atoms with E-state index in [0.29, 0.717) is 27.0 Å². The minimum atomic E-state index is -0.418. The molecule has 1 fully saturated rings. The Hall–Kier alpha value is -1.66. The summed E-state index contributed by atoms with van der Waals surface area (Å²) in [5, 5.41) is 2.22. The number of amides is 2. The molecule has 2 heterocycles. The Morgan fingerprint density at radius 1 is 1.28 bits per heavy atom. The summed E-state index contributed by atoms with van der Waals surface area (Å²) in [6, 6.07) is 3.30. The molecule has 0 unspecified atom stereocenters. The van der Waals surface area contributed by atoms with E-state index in [2.05, 4.69) is 5.32 Å². The van der Waals surface area contributed by atoms with Gasteiger partial charge in [0, 0.05) is 6.07 Å². The lowest BCUT2D eigenvalue weighted by Crippen LogP contribution is -2.17. The quantitative estimate of drug-likeness (QED) is 0.802. The Morgan fingerprint density at radius 3 is 2.67 bits per heavy atom. The van der Waals surface area contributed by atoms with Crippen molar-refractivity contribution in [2.24, 2.45) is 0 Å². The molecule has 1 aromatic rings. The predicted octanol–water partition coefficient (Wildman–Crippen LogP) is 2.39. The van der Waals surface area contributed by atoms with Crippen molar-refractivity contribution in [1.82, 2.24) is 5.32 Å². The summed E-state index contributed by atoms with van der Waals surface area (Å²) in [5.41, 5.74) is 0.605. The van der Waals surface area contributed by atoms with Crippen LogP contribution in [0.5, 0.6) is 11.5 Å². The third-order valence-corrected chi connectivity index (χ3v) is 3.56. The molecule has 92 valence electrons. The Balaban J connectivity index is 2.00. The van der Waals surface area contributed by atoms with Gasteiger partial charge in [0.15, 0.2) is 11.5 Å². The van der Waals surface area contributed by atoms with Crippen LogP contribution < -0.4 is 14.8 Å². The van der Waals surface area contributed by atoms with Crippen LogP contribution in [0.1, 0.15) is 5.56 Å². The second-order valence-electron chi connectivity index (χ2n) is 3.58. The van der Waals surface area contributed by atoms with Crippen LogP contribution in [0.15, 0.2) is 17.0 Å². The summed E-state index contributed by atoms with van der Waals surface area (Å²) in [4.78, 5) is 22.8. The molecule has 1 saturated heterocycles. The first-order valence-electron chi connectivity index (χ1n) is 4.97. The van der Waals surface area contributed by atoms with Gasteiger partial charge in [0.1, 0.15) is 0 Å². The van der Waals surface area contributed by atoms with Gasteiger partial charge in [0.2, 0.25) is 6.79 Å². The number of carbonyl (C=O) groups excluding carboxylic acids is 2. The van der Waals surface area contributed by atoms with E-state index >= 15 is 0 Å². The topological polar surface area (TPSA) is 64.6 Å². The van der Waals surface area contributed by atoms with Gasteiger partial charge in [-0.25, -0.2) is 0 Å². The maximum absolute atomic E-state index is 11.4. The van der Waals surface area contributed by atoms with Crippen molar-refractivity contribution < 1.29 is 19.1 Å². The minimum absolute atomic E-state index is 0.152. The fraction of sp³-hybridized carbons (Fsp3) is 0.0909. The predicted molar refractivity (Wildman–Crippen MR) is 66.7 cm³/mol. The molecule has 7 heteroatoms. The number of rotatable bonds is 1. The second-order valence-corrected chi connectivity index (χ2v) is 5.00. The van der Waals surface area contributed by atoms with Crippen LogP contribution in [0.4, 0.5) is 4.79 Å². The maximum Gasteiger partial charge on any atom is 0.290 e. The van der Waals surface area contributed by atoms with Crippen molar-refractivity contribution in [1.29, 1.82) is 0 Å². The van der Waals surface area contributed by atoms with Gasteiger partial charge in [-0.05, 0) is 29.5 Å². The summed E-state index contributed by atoms with van der Waals surface area (Å²) in [5.74, 6) is 0.724. The van der Waals surface area contributed by atoms with Crippen LogP contribution in [-0.4, -0.2) is 17.9 Å². The molecule has 0 spiro atoms. The van der Waals surface area contributed by atoms with Crippen molar-refractivity contribution in [2.45, 2.75) is 0 Å². The van der Waals surface area contributed by atoms with Crippen molar-refractivity contribution in [2.75, 3.05) is 6.79 Å². The van der Waals surface area contributed by atoms with E-state index in [-0.39, 0.29) is 12.0 Å². The van der Waals surface area contributed by atoms with Gasteiger partial charge in [-0.15, -0.1) is 0 Å². The molecule has 3 rings (SSSR count). The molecule has 18 heavy (non-hydrogen) atoms. The van der Waals surface area contributed by atoms with Crippen molar-refractivity contribution in [3.63, 3.8) is 0 Å². The van der Waals surface area contributed by atoms with E-state index in [1.165, 1.54) is 0 Å². The zero-order valence-corrected chi connectivity index (χ0v) is 10.4. The van der Waals surface area contributed by atoms with Gasteiger partial charge in [0.25, 0.3) is 11.1 Å². The van der Waals surface area contributed by atoms with Crippen molar-refractivity contribution in [3.8, 4) is 11.5 Å². The number of imide groups is 1. The molecule has 1 aromatic carbocycles. The van der Waals surface area contributed by atoms with Gasteiger partial charge < -0.3 is 9.47 Å². The number of benzene rings is 1. The van der Waals surface area contributed by atoms with Crippen molar-refractivity contribution in [3.05, 3.63) is 27.6 Å². The highest BCUT2D eigenvalue weighted by Crippen LogP contribution is 2.38. The van der Waals surface area contributed by atoms with E-state index < -0.39 is 5.91 Å². The maximum atomic E-state index is 11.4. The highest BCUT2D eigenvalue weighted by molar-refractivity contribution is 8.18. The third-order valence-electron chi connectivity index (χ3n) is 2.42. The highest BCUT2D eigenvalue weighted by Gasteiger charge is 2.25. The van der Waals surface area contributed by atoms with Crippen LogP contribution in [0.25, 0.3) is 6.08 Å². The van der Waals surface area contributed by atoms with Crippen LogP contribution in [-0.2, 0) is 4.79 Å². The van der Waals surface area contributed by atoms with Gasteiger partial charge in [-0.1, -0.05) is 11.6 Å². The molecular weight excluding hydrogens is 278 g/mol. The summed E-state index contributed by atoms with van der Waals surface area (Å²) in [6.45, 7) is 0.152. The lowest BCUT2D eigenvalue weighted by atomic mass is 10.2. The molecule has 0 atom stereocenters. The van der Waals surface area contributed by atoms with Gasteiger partial charge in [-0.2, -0.15) is 0 Å². The smallest absolute Gasteiger partial charge is 0.290 e. The third kappa shape index (κ3) is 1.93. The number of carbonyl (C=O) groups is 2. The van der Waals surface area contributed by atoms with Crippen LogP contribution in [0.2, 0.25) is 5.02 Å². The Labute approximate surface area is 111 Å². The van der Waals surface area contributed by atoms with Crippen molar-refractivity contribution >= 4 is 40.6 Å². The zero-order valence-electron chi connectivity index (χ0n) is 8.86. The van der Waals surface area contributed by atoms with E-state index in [9.17, 15) is 9.59 Å². The molecule has 2 aliphatic rings. The average molecular weight is 284 g/mol. The lowest BCUT2D eigenvalue weighted by Gasteiger charge is -2.02. The molecular formula is C11H6ClNO4S. The highest BCUT2D eigenvalue weighted by atomic mass is 35.5. The summed E-state index contributed by atoms with van der Waals surface area (Å²) < 4.78 is 10.4. The molecule has 1 N–H and O–H groups in total. The number of hydrogen-bond acceptors (Lipinski definition) is 5. The average Bonchev–Trinajstić information content (AvgIpc) is 2.86. The number of nitrogens with one attached hydrogen (secondary N) is 1. The molecule has 0 saturated carbocycles. The van der Waals surface area contributed by atoms with Crippen LogP contribution >= 0.6 is 23.4 Å². The fourth-order valence-corrected chi connectivity index (χ4v) is 2.49. The number of ether oxygens (including phenoxy) is 2. The largest absolute Gasteiger partial charge is 0.454 e. The summed E-state index contributed by atoms with van der Waals surface area (Å²) >= 11 is 6.91. The van der Waals surface area contributed by atoms with E-state index in [4.69, 9.17) is 21.1 Å². The lowest BCUT2D eigenvalue weighted by molar-refractivity contribution is -0.115. The Kier molecular flexibility index (Phi) is 2.68. The molecule has 2 aliphatic heterocycles. The van der Waals surface area contributed by atoms with Gasteiger partial charge >= 0.3 is 0 Å². The molecule has 5 nitrogen and oxygen atoms in total. The SMILES string of the molecule is O=C1NC(=O)/C(=C/c2cc3c(cc2Cl)OCO3)S1. The second kappa shape index (κ2) is 4.22. The van der Waals surface area contributed by atoms with Gasteiger partial charge in [-0.3, -0.25) is 14.9 Å². The van der Waals surface area contributed by atoms with E-state index in [1.807, 2.05) is 0 Å². The molecule has 0 bridgehead atoms. The minimum Gasteiger partial charge on any atom is -0.454 e. The first-order chi connectivity index (χ1) is 8.63. The summed E-state index contributed by atoms with van der Waals surface area (Å²) in [7, 11) is 0. The van der Waals surface area contributed by atoms with Gasteiger partial charge in [0.05, 0.1) is 9.93 Å². The first kappa shape index (κ1) is 11.4. The standard InChI is InChI=1S/C11H6ClNO4S/c12-6-3-8-7(16-4-17-8)1-5(6)2-9-10(14)13-11(15)18-9/h1-3H,4H2,(H,13,14,15)/b9-2-. The number of thioether (sulfide) groups is 1. The Morgan fingerprint density at radius 2 is 2.00 bits per heavy atom. The van der Waals surface area contributed by atoms with E-state index in [0.717, 1.165) is 11.8 Å². The molecule has 0 aliphatic carbocycles. The summed E-state index contributed by atoms with van der Waals surface area (Å²) in [6.07, 6.45) is 1.55. The molecule has 2 amide bonds. The Bertz CT molecular complexity index is 599. The number of halogens is 1. The number of hydrogen-bond donors (Lipinski definition) is 1. The van der Waals surface area contributed by atoms with E-state index in [1.54, 1.807) is 18.2 Å². The normalized spacial score (nSPS) is 19.5. The first-order valence-corrected chi connectivity index (χ1v) is 6.17. The van der Waals surface area contributed by atoms with Crippen LogP contribution in [0, 0.1) is 0 Å². The number of fused-ring (bicyclic) bond motifs is 1.